The van der Waals surface area contributed by atoms with Crippen LogP contribution in [0, 0.1) is 13.8 Å². The highest BCUT2D eigenvalue weighted by Gasteiger charge is 2.20. The van der Waals surface area contributed by atoms with Gasteiger partial charge in [0.15, 0.2) is 5.03 Å². The summed E-state index contributed by atoms with van der Waals surface area (Å²) in [6.07, 6.45) is 2.91. The minimum Gasteiger partial charge on any atom is -0.397 e. The number of nitrogens with one attached hydrogen (secondary N) is 1. The molecule has 2 aromatic heterocycles. The molecule has 7 nitrogen and oxygen atoms in total. The minimum atomic E-state index is -3.75. The SMILES string of the molecule is CCn1cc(S(=O)(=O)Nc2ncc(N)cc2C)nc1C. The molecule has 0 aliphatic rings. The van der Waals surface area contributed by atoms with Crippen molar-refractivity contribution in [2.45, 2.75) is 32.3 Å². The van der Waals surface area contributed by atoms with Gasteiger partial charge in [0.2, 0.25) is 0 Å². The standard InChI is InChI=1S/C12H17N5O2S/c1-4-17-7-11(15-9(17)3)20(18,19)16-12-8(2)5-10(13)6-14-12/h5-7H,4,13H2,1-3H3,(H,14,16). The largest absolute Gasteiger partial charge is 0.397 e. The smallest absolute Gasteiger partial charge is 0.282 e. The van der Waals surface area contributed by atoms with Crippen molar-refractivity contribution in [3.63, 3.8) is 0 Å². The van der Waals surface area contributed by atoms with E-state index in [0.717, 1.165) is 0 Å². The Labute approximate surface area is 117 Å². The van der Waals surface area contributed by atoms with Gasteiger partial charge in [0, 0.05) is 12.7 Å². The predicted octanol–water partition coefficient (Wildman–Crippen LogP) is 1.30. The Bertz CT molecular complexity index is 736. The van der Waals surface area contributed by atoms with Crippen molar-refractivity contribution in [3.05, 3.63) is 29.8 Å². The second-order valence-corrected chi connectivity index (χ2v) is 6.08. The van der Waals surface area contributed by atoms with Gasteiger partial charge in [-0.1, -0.05) is 0 Å². The van der Waals surface area contributed by atoms with E-state index in [2.05, 4.69) is 14.7 Å². The monoisotopic (exact) mass is 295 g/mol. The number of aromatic nitrogens is 3. The summed E-state index contributed by atoms with van der Waals surface area (Å²) in [6, 6.07) is 1.65. The summed E-state index contributed by atoms with van der Waals surface area (Å²) in [7, 11) is -3.75. The van der Waals surface area contributed by atoms with Gasteiger partial charge in [-0.05, 0) is 32.4 Å². The third kappa shape index (κ3) is 2.74. The Balaban J connectivity index is 2.35. The zero-order chi connectivity index (χ0) is 14.9. The molecule has 2 aromatic rings. The predicted molar refractivity (Wildman–Crippen MR) is 76.8 cm³/mol. The van der Waals surface area contributed by atoms with Crippen LogP contribution < -0.4 is 10.5 Å². The van der Waals surface area contributed by atoms with Gasteiger partial charge in [0.05, 0.1) is 11.9 Å². The van der Waals surface area contributed by atoms with Crippen molar-refractivity contribution in [1.29, 1.82) is 0 Å². The summed E-state index contributed by atoms with van der Waals surface area (Å²) in [6.45, 7) is 6.07. The highest BCUT2D eigenvalue weighted by atomic mass is 32.2. The molecule has 0 aromatic carbocycles. The van der Waals surface area contributed by atoms with Crippen LogP contribution in [0.1, 0.15) is 18.3 Å². The fourth-order valence-electron chi connectivity index (χ4n) is 1.81. The zero-order valence-corrected chi connectivity index (χ0v) is 12.4. The molecule has 0 amide bonds. The van der Waals surface area contributed by atoms with E-state index in [1.165, 1.54) is 12.4 Å². The number of aryl methyl sites for hydroxylation is 3. The Morgan fingerprint density at radius 3 is 2.65 bits per heavy atom. The van der Waals surface area contributed by atoms with Crippen molar-refractivity contribution in [2.75, 3.05) is 10.5 Å². The van der Waals surface area contributed by atoms with Crippen molar-refractivity contribution in [3.8, 4) is 0 Å². The highest BCUT2D eigenvalue weighted by molar-refractivity contribution is 7.92. The van der Waals surface area contributed by atoms with Gasteiger partial charge >= 0.3 is 0 Å². The molecule has 0 unspecified atom stereocenters. The van der Waals surface area contributed by atoms with E-state index in [1.54, 1.807) is 24.5 Å². The summed E-state index contributed by atoms with van der Waals surface area (Å²) in [5.41, 5.74) is 6.72. The average molecular weight is 295 g/mol. The third-order valence-corrected chi connectivity index (χ3v) is 4.11. The molecule has 0 spiro atoms. The molecule has 0 aliphatic carbocycles. The molecular formula is C12H17N5O2S. The van der Waals surface area contributed by atoms with E-state index in [1.807, 2.05) is 6.92 Å². The lowest BCUT2D eigenvalue weighted by Gasteiger charge is -2.08. The average Bonchev–Trinajstić information content (AvgIpc) is 2.75. The summed E-state index contributed by atoms with van der Waals surface area (Å²) < 4.78 is 28.7. The van der Waals surface area contributed by atoms with Crippen LogP contribution in [0.15, 0.2) is 23.5 Å². The summed E-state index contributed by atoms with van der Waals surface area (Å²) in [5.74, 6) is 0.901. The normalized spacial score (nSPS) is 11.6. The Kier molecular flexibility index (Phi) is 3.67. The van der Waals surface area contributed by atoms with E-state index in [-0.39, 0.29) is 10.8 Å². The van der Waals surface area contributed by atoms with Gasteiger partial charge in [-0.15, -0.1) is 0 Å². The molecule has 0 aliphatic heterocycles. The molecule has 3 N–H and O–H groups in total. The van der Waals surface area contributed by atoms with Crippen LogP contribution >= 0.6 is 0 Å². The molecule has 0 saturated carbocycles. The van der Waals surface area contributed by atoms with E-state index in [4.69, 9.17) is 5.73 Å². The number of nitrogens with zero attached hydrogens (tertiary/aromatic N) is 3. The highest BCUT2D eigenvalue weighted by Crippen LogP contribution is 2.18. The number of hydrogen-bond donors (Lipinski definition) is 2. The maximum absolute atomic E-state index is 12.3. The number of rotatable bonds is 4. The summed E-state index contributed by atoms with van der Waals surface area (Å²) in [5, 5.41) is -0.0186. The summed E-state index contributed by atoms with van der Waals surface area (Å²) >= 11 is 0. The first-order valence-electron chi connectivity index (χ1n) is 6.12. The van der Waals surface area contributed by atoms with Crippen LogP contribution in [-0.4, -0.2) is 23.0 Å². The number of imidazole rings is 1. The van der Waals surface area contributed by atoms with Crippen LogP contribution in [-0.2, 0) is 16.6 Å². The van der Waals surface area contributed by atoms with E-state index < -0.39 is 10.0 Å². The fraction of sp³-hybridized carbons (Fsp3) is 0.333. The van der Waals surface area contributed by atoms with Crippen molar-refractivity contribution in [1.82, 2.24) is 14.5 Å². The van der Waals surface area contributed by atoms with Gasteiger partial charge in [0.1, 0.15) is 11.6 Å². The quantitative estimate of drug-likeness (QED) is 0.885. The van der Waals surface area contributed by atoms with Gasteiger partial charge in [0.25, 0.3) is 10.0 Å². The van der Waals surface area contributed by atoms with Crippen LogP contribution in [0.4, 0.5) is 11.5 Å². The molecule has 2 rings (SSSR count). The molecule has 20 heavy (non-hydrogen) atoms. The maximum atomic E-state index is 12.3. The van der Waals surface area contributed by atoms with E-state index in [0.29, 0.717) is 23.6 Å². The minimum absolute atomic E-state index is 0.0186. The zero-order valence-electron chi connectivity index (χ0n) is 11.6. The van der Waals surface area contributed by atoms with Crippen LogP contribution in [0.2, 0.25) is 0 Å². The number of hydrogen-bond acceptors (Lipinski definition) is 5. The number of sulfonamides is 1. The molecule has 2 heterocycles. The lowest BCUT2D eigenvalue weighted by atomic mass is 10.3. The van der Waals surface area contributed by atoms with Crippen molar-refractivity contribution < 1.29 is 8.42 Å². The molecular weight excluding hydrogens is 278 g/mol. The third-order valence-electron chi connectivity index (χ3n) is 2.90. The maximum Gasteiger partial charge on any atom is 0.282 e. The second-order valence-electron chi connectivity index (χ2n) is 4.45. The Morgan fingerprint density at radius 1 is 1.40 bits per heavy atom. The number of anilines is 2. The van der Waals surface area contributed by atoms with Gasteiger partial charge < -0.3 is 10.3 Å². The molecule has 0 bridgehead atoms. The number of nitrogens with two attached hydrogens (primary N) is 1. The Morgan fingerprint density at radius 2 is 2.10 bits per heavy atom. The van der Waals surface area contributed by atoms with Gasteiger partial charge in [-0.3, -0.25) is 4.72 Å². The molecule has 0 fully saturated rings. The van der Waals surface area contributed by atoms with Crippen molar-refractivity contribution in [2.24, 2.45) is 0 Å². The van der Waals surface area contributed by atoms with Gasteiger partial charge in [-0.25, -0.2) is 9.97 Å². The lowest BCUT2D eigenvalue weighted by Crippen LogP contribution is -2.15. The second kappa shape index (κ2) is 5.12. The number of pyridine rings is 1. The molecule has 108 valence electrons. The Hall–Kier alpha value is -2.09. The number of nitrogen functional groups attached to an aromatic ring is 1. The van der Waals surface area contributed by atoms with E-state index in [9.17, 15) is 8.42 Å². The lowest BCUT2D eigenvalue weighted by molar-refractivity contribution is 0.597. The summed E-state index contributed by atoms with van der Waals surface area (Å²) in [4.78, 5) is 8.04. The first-order chi connectivity index (χ1) is 9.33. The molecule has 0 radical (unpaired) electrons. The molecule has 0 saturated heterocycles. The first kappa shape index (κ1) is 14.3. The van der Waals surface area contributed by atoms with Gasteiger partial charge in [-0.2, -0.15) is 8.42 Å². The fourth-order valence-corrected chi connectivity index (χ4v) is 2.90. The molecule has 8 heteroatoms. The molecule has 0 atom stereocenters. The van der Waals surface area contributed by atoms with Crippen molar-refractivity contribution >= 4 is 21.5 Å². The van der Waals surface area contributed by atoms with Crippen LogP contribution in [0.25, 0.3) is 0 Å². The van der Waals surface area contributed by atoms with E-state index >= 15 is 0 Å². The first-order valence-corrected chi connectivity index (χ1v) is 7.60. The topological polar surface area (TPSA) is 103 Å². The van der Waals surface area contributed by atoms with Crippen LogP contribution in [0.5, 0.6) is 0 Å². The van der Waals surface area contributed by atoms with Crippen LogP contribution in [0.3, 0.4) is 0 Å².